The van der Waals surface area contributed by atoms with E-state index in [2.05, 4.69) is 30.5 Å². The minimum atomic E-state index is 0. The Morgan fingerprint density at radius 3 is 2.22 bits per heavy atom. The van der Waals surface area contributed by atoms with Crippen LogP contribution in [-0.2, 0) is 0 Å². The molecular weight excluding hydrogens is 116 g/mol. The van der Waals surface area contributed by atoms with Gasteiger partial charge in [0.05, 0.1) is 14.1 Å². The Kier molecular flexibility index (Phi) is 2.65. The summed E-state index contributed by atoms with van der Waals surface area (Å²) < 4.78 is 2.26. The molecule has 0 spiro atoms. The third-order valence-electron chi connectivity index (χ3n) is 1.88. The SMILES string of the molecule is CC1=[N+](C)CCN1C.[OH-]. The van der Waals surface area contributed by atoms with Gasteiger partial charge in [0.1, 0.15) is 13.1 Å². The number of amidine groups is 1. The predicted octanol–water partition coefficient (Wildman–Crippen LogP) is -0.184. The molecule has 0 bridgehead atoms. The van der Waals surface area contributed by atoms with Crippen molar-refractivity contribution in [3.63, 3.8) is 0 Å². The fraction of sp³-hybridized carbons (Fsp3) is 0.833. The first-order valence-electron chi connectivity index (χ1n) is 2.97. The van der Waals surface area contributed by atoms with Crippen molar-refractivity contribution in [2.75, 3.05) is 27.2 Å². The molecule has 9 heavy (non-hydrogen) atoms. The van der Waals surface area contributed by atoms with Crippen molar-refractivity contribution in [3.8, 4) is 0 Å². The van der Waals surface area contributed by atoms with Crippen molar-refractivity contribution in [2.45, 2.75) is 6.92 Å². The van der Waals surface area contributed by atoms with Crippen LogP contribution in [0.25, 0.3) is 0 Å². The summed E-state index contributed by atoms with van der Waals surface area (Å²) in [5.41, 5.74) is 0. The van der Waals surface area contributed by atoms with Crippen molar-refractivity contribution in [2.24, 2.45) is 0 Å². The van der Waals surface area contributed by atoms with E-state index in [0.717, 1.165) is 0 Å². The highest BCUT2D eigenvalue weighted by Gasteiger charge is 2.18. The van der Waals surface area contributed by atoms with Gasteiger partial charge in [0, 0.05) is 6.92 Å². The van der Waals surface area contributed by atoms with Crippen molar-refractivity contribution >= 4 is 5.84 Å². The van der Waals surface area contributed by atoms with Crippen LogP contribution in [0.5, 0.6) is 0 Å². The molecule has 0 aromatic heterocycles. The topological polar surface area (TPSA) is 36.2 Å². The molecule has 1 heterocycles. The van der Waals surface area contributed by atoms with Crippen molar-refractivity contribution in [3.05, 3.63) is 0 Å². The van der Waals surface area contributed by atoms with Gasteiger partial charge in [0.15, 0.2) is 0 Å². The summed E-state index contributed by atoms with van der Waals surface area (Å²) in [5.74, 6) is 1.38. The van der Waals surface area contributed by atoms with Crippen molar-refractivity contribution < 1.29 is 10.1 Å². The maximum absolute atomic E-state index is 2.26. The van der Waals surface area contributed by atoms with Gasteiger partial charge in [-0.25, -0.2) is 0 Å². The standard InChI is InChI=1S/C6H13N2.H2O/c1-6-7(2)4-5-8(6)3;/h4-5H2,1-3H3;1H2/q+1;/p-1. The van der Waals surface area contributed by atoms with Crippen LogP contribution in [0.15, 0.2) is 0 Å². The molecule has 0 amide bonds. The van der Waals surface area contributed by atoms with Crippen LogP contribution in [0.4, 0.5) is 0 Å². The predicted molar refractivity (Wildman–Crippen MR) is 36.3 cm³/mol. The lowest BCUT2D eigenvalue weighted by Gasteiger charge is -1.98. The van der Waals surface area contributed by atoms with E-state index in [-0.39, 0.29) is 5.48 Å². The van der Waals surface area contributed by atoms with Crippen LogP contribution < -0.4 is 0 Å². The van der Waals surface area contributed by atoms with Crippen LogP contribution in [0.2, 0.25) is 0 Å². The maximum atomic E-state index is 2.26. The van der Waals surface area contributed by atoms with Crippen LogP contribution in [0.1, 0.15) is 6.92 Å². The number of nitrogens with zero attached hydrogens (tertiary/aromatic N) is 2. The number of rotatable bonds is 0. The molecule has 0 aromatic rings. The summed E-state index contributed by atoms with van der Waals surface area (Å²) in [6, 6.07) is 0. The molecule has 0 radical (unpaired) electrons. The fourth-order valence-corrected chi connectivity index (χ4v) is 0.915. The molecule has 1 aliphatic heterocycles. The van der Waals surface area contributed by atoms with Gasteiger partial charge in [0.25, 0.3) is 0 Å². The highest BCUT2D eigenvalue weighted by molar-refractivity contribution is 5.75. The smallest absolute Gasteiger partial charge is 0.243 e. The molecule has 54 valence electrons. The molecule has 0 unspecified atom stereocenters. The highest BCUT2D eigenvalue weighted by Crippen LogP contribution is 1.93. The molecule has 0 atom stereocenters. The third-order valence-corrected chi connectivity index (χ3v) is 1.88. The number of hydrogen-bond acceptors (Lipinski definition) is 2. The Morgan fingerprint density at radius 2 is 2.11 bits per heavy atom. The van der Waals surface area contributed by atoms with Crippen molar-refractivity contribution in [1.29, 1.82) is 0 Å². The quantitative estimate of drug-likeness (QED) is 0.426. The lowest BCUT2D eigenvalue weighted by Crippen LogP contribution is -2.20. The Balaban J connectivity index is 0.000000640. The number of likely N-dealkylation sites (N-methyl/N-ethyl adjacent to an activating group) is 2. The van der Waals surface area contributed by atoms with E-state index in [0.29, 0.717) is 0 Å². The van der Waals surface area contributed by atoms with Gasteiger partial charge in [-0.15, -0.1) is 0 Å². The molecule has 3 nitrogen and oxygen atoms in total. The highest BCUT2D eigenvalue weighted by atomic mass is 16.0. The summed E-state index contributed by atoms with van der Waals surface area (Å²) in [7, 11) is 4.25. The molecule has 1 aliphatic rings. The van der Waals surface area contributed by atoms with E-state index < -0.39 is 0 Å². The fourth-order valence-electron chi connectivity index (χ4n) is 0.915. The van der Waals surface area contributed by atoms with E-state index in [1.54, 1.807) is 0 Å². The Bertz CT molecular complexity index is 131. The first-order chi connectivity index (χ1) is 3.72. The molecule has 0 saturated carbocycles. The van der Waals surface area contributed by atoms with Gasteiger partial charge in [-0.3, -0.25) is 9.48 Å². The average molecular weight is 130 g/mol. The first-order valence-corrected chi connectivity index (χ1v) is 2.97. The van der Waals surface area contributed by atoms with Gasteiger partial charge >= 0.3 is 0 Å². The summed E-state index contributed by atoms with van der Waals surface area (Å²) in [6.07, 6.45) is 0. The summed E-state index contributed by atoms with van der Waals surface area (Å²) in [5, 5.41) is 0. The largest absolute Gasteiger partial charge is 0.870 e. The monoisotopic (exact) mass is 130 g/mol. The summed E-state index contributed by atoms with van der Waals surface area (Å²) in [4.78, 5) is 2.26. The van der Waals surface area contributed by atoms with E-state index in [1.165, 1.54) is 18.9 Å². The zero-order valence-electron chi connectivity index (χ0n) is 6.26. The van der Waals surface area contributed by atoms with Crippen LogP contribution >= 0.6 is 0 Å². The van der Waals surface area contributed by atoms with Gasteiger partial charge < -0.3 is 5.48 Å². The van der Waals surface area contributed by atoms with Crippen LogP contribution in [0, 0.1) is 0 Å². The van der Waals surface area contributed by atoms with E-state index in [9.17, 15) is 0 Å². The second-order valence-corrected chi connectivity index (χ2v) is 2.39. The molecule has 0 aromatic carbocycles. The summed E-state index contributed by atoms with van der Waals surface area (Å²) >= 11 is 0. The van der Waals surface area contributed by atoms with E-state index in [4.69, 9.17) is 0 Å². The lowest BCUT2D eigenvalue weighted by atomic mass is 10.6. The molecule has 0 aliphatic carbocycles. The third kappa shape index (κ3) is 1.42. The van der Waals surface area contributed by atoms with Gasteiger partial charge in [-0.2, -0.15) is 0 Å². The molecule has 1 rings (SSSR count). The van der Waals surface area contributed by atoms with Crippen molar-refractivity contribution in [1.82, 2.24) is 4.90 Å². The van der Waals surface area contributed by atoms with E-state index >= 15 is 0 Å². The van der Waals surface area contributed by atoms with Gasteiger partial charge in [-0.05, 0) is 0 Å². The van der Waals surface area contributed by atoms with E-state index in [1.807, 2.05) is 0 Å². The summed E-state index contributed by atoms with van der Waals surface area (Å²) in [6.45, 7) is 4.51. The second-order valence-electron chi connectivity index (χ2n) is 2.39. The minimum absolute atomic E-state index is 0. The average Bonchev–Trinajstić information content (AvgIpc) is 1.98. The minimum Gasteiger partial charge on any atom is -0.870 e. The Labute approximate surface area is 55.9 Å². The first kappa shape index (κ1) is 8.43. The number of hydrogen-bond donors (Lipinski definition) is 0. The van der Waals surface area contributed by atoms with Gasteiger partial charge in [0.2, 0.25) is 5.84 Å². The lowest BCUT2D eigenvalue weighted by molar-refractivity contribution is -0.487. The molecule has 0 fully saturated rings. The molecule has 3 heteroatoms. The molecule has 1 N–H and O–H groups in total. The maximum Gasteiger partial charge on any atom is 0.243 e. The van der Waals surface area contributed by atoms with Crippen LogP contribution in [-0.4, -0.2) is 48.0 Å². The Morgan fingerprint density at radius 1 is 1.56 bits per heavy atom. The second kappa shape index (κ2) is 2.82. The zero-order chi connectivity index (χ0) is 6.15. The Hall–Kier alpha value is -0.570. The normalized spacial score (nSPS) is 18.3. The van der Waals surface area contributed by atoms with Gasteiger partial charge in [-0.1, -0.05) is 0 Å². The zero-order valence-corrected chi connectivity index (χ0v) is 6.26. The van der Waals surface area contributed by atoms with Crippen LogP contribution in [0.3, 0.4) is 0 Å². The molecule has 0 saturated heterocycles. The molecular formula is C6H14N2O.